The number of hydrogen-bond donors (Lipinski definition) is 1. The number of hydrogen-bond acceptors (Lipinski definition) is 3. The van der Waals surface area contributed by atoms with Gasteiger partial charge in [-0.25, -0.2) is 0 Å². The molecule has 16 heavy (non-hydrogen) atoms. The van der Waals surface area contributed by atoms with Gasteiger partial charge in [0.1, 0.15) is 0 Å². The lowest BCUT2D eigenvalue weighted by Gasteiger charge is -2.43. The van der Waals surface area contributed by atoms with Crippen molar-refractivity contribution in [2.24, 2.45) is 11.7 Å². The van der Waals surface area contributed by atoms with Gasteiger partial charge in [0, 0.05) is 38.3 Å². The second-order valence-corrected chi connectivity index (χ2v) is 6.08. The number of nitrogens with zero attached hydrogens (tertiary/aromatic N) is 2. The van der Waals surface area contributed by atoms with Crippen LogP contribution in [0.3, 0.4) is 0 Å². The van der Waals surface area contributed by atoms with Gasteiger partial charge in [0.2, 0.25) is 0 Å². The molecule has 0 aromatic carbocycles. The van der Waals surface area contributed by atoms with Gasteiger partial charge in [0.15, 0.2) is 0 Å². The molecule has 1 aliphatic carbocycles. The zero-order valence-corrected chi connectivity index (χ0v) is 10.9. The Bertz CT molecular complexity index is 215. The Kier molecular flexibility index (Phi) is 3.88. The van der Waals surface area contributed by atoms with Crippen molar-refractivity contribution in [1.82, 2.24) is 9.80 Å². The molecule has 1 saturated carbocycles. The Hall–Kier alpha value is -0.120. The minimum Gasteiger partial charge on any atom is -0.329 e. The van der Waals surface area contributed by atoms with Crippen LogP contribution in [0.4, 0.5) is 0 Å². The Balaban J connectivity index is 1.69. The summed E-state index contributed by atoms with van der Waals surface area (Å²) in [6.07, 6.45) is 4.40. The van der Waals surface area contributed by atoms with Gasteiger partial charge in [-0.05, 0) is 32.7 Å². The van der Waals surface area contributed by atoms with E-state index in [9.17, 15) is 0 Å². The van der Waals surface area contributed by atoms with Crippen LogP contribution in [0.2, 0.25) is 0 Å². The Labute approximate surface area is 100.0 Å². The van der Waals surface area contributed by atoms with Crippen LogP contribution in [0, 0.1) is 5.92 Å². The molecule has 3 heteroatoms. The first-order valence-electron chi connectivity index (χ1n) is 6.79. The van der Waals surface area contributed by atoms with Gasteiger partial charge in [-0.1, -0.05) is 12.8 Å². The molecule has 0 bridgehead atoms. The Morgan fingerprint density at radius 3 is 2.25 bits per heavy atom. The van der Waals surface area contributed by atoms with Crippen LogP contribution in [0.5, 0.6) is 0 Å². The second kappa shape index (κ2) is 5.03. The van der Waals surface area contributed by atoms with Crippen LogP contribution in [-0.4, -0.2) is 54.6 Å². The van der Waals surface area contributed by atoms with Crippen molar-refractivity contribution in [2.75, 3.05) is 39.3 Å². The maximum atomic E-state index is 5.82. The molecular formula is C13H27N3. The molecule has 0 spiro atoms. The highest BCUT2D eigenvalue weighted by Gasteiger charge is 2.29. The fraction of sp³-hybridized carbons (Fsp3) is 1.00. The van der Waals surface area contributed by atoms with Crippen LogP contribution < -0.4 is 5.73 Å². The van der Waals surface area contributed by atoms with Crippen molar-refractivity contribution < 1.29 is 0 Å². The highest BCUT2D eigenvalue weighted by Crippen LogP contribution is 2.32. The normalized spacial score (nSPS) is 24.9. The quantitative estimate of drug-likeness (QED) is 0.761. The Morgan fingerprint density at radius 1 is 1.12 bits per heavy atom. The molecule has 0 aromatic heterocycles. The van der Waals surface area contributed by atoms with Crippen LogP contribution in [0.15, 0.2) is 0 Å². The van der Waals surface area contributed by atoms with E-state index in [1.807, 2.05) is 0 Å². The number of piperazine rings is 1. The molecule has 1 saturated heterocycles. The summed E-state index contributed by atoms with van der Waals surface area (Å²) in [5, 5.41) is 0. The van der Waals surface area contributed by atoms with E-state index < -0.39 is 0 Å². The summed E-state index contributed by atoms with van der Waals surface area (Å²) in [6, 6.07) is 0. The lowest BCUT2D eigenvalue weighted by Crippen LogP contribution is -2.57. The van der Waals surface area contributed by atoms with Crippen LogP contribution in [0.1, 0.15) is 33.1 Å². The summed E-state index contributed by atoms with van der Waals surface area (Å²) in [4.78, 5) is 5.17. The minimum absolute atomic E-state index is 0.183. The van der Waals surface area contributed by atoms with Crippen molar-refractivity contribution in [3.05, 3.63) is 0 Å². The first kappa shape index (κ1) is 12.3. The molecule has 0 atom stereocenters. The molecule has 1 aliphatic heterocycles. The van der Waals surface area contributed by atoms with E-state index in [0.717, 1.165) is 12.5 Å². The SMILES string of the molecule is CC(C)(CN)N1CCN(CCC2CC2)CC1. The summed E-state index contributed by atoms with van der Waals surface area (Å²) in [5.74, 6) is 1.07. The molecule has 2 N–H and O–H groups in total. The fourth-order valence-electron chi connectivity index (χ4n) is 2.48. The van der Waals surface area contributed by atoms with Gasteiger partial charge in [-0.2, -0.15) is 0 Å². The molecule has 94 valence electrons. The second-order valence-electron chi connectivity index (χ2n) is 6.08. The van der Waals surface area contributed by atoms with Crippen LogP contribution in [0.25, 0.3) is 0 Å². The van der Waals surface area contributed by atoms with Crippen molar-refractivity contribution in [2.45, 2.75) is 38.6 Å². The fourth-order valence-corrected chi connectivity index (χ4v) is 2.48. The first-order valence-corrected chi connectivity index (χ1v) is 6.79. The summed E-state index contributed by atoms with van der Waals surface area (Å²) >= 11 is 0. The molecule has 2 rings (SSSR count). The maximum absolute atomic E-state index is 5.82. The molecule has 1 heterocycles. The van der Waals surface area contributed by atoms with Crippen LogP contribution >= 0.6 is 0 Å². The molecule has 0 radical (unpaired) electrons. The monoisotopic (exact) mass is 225 g/mol. The summed E-state index contributed by atoms with van der Waals surface area (Å²) in [5.41, 5.74) is 6.01. The van der Waals surface area contributed by atoms with Crippen molar-refractivity contribution in [1.29, 1.82) is 0 Å². The van der Waals surface area contributed by atoms with E-state index in [1.165, 1.54) is 52.0 Å². The van der Waals surface area contributed by atoms with Crippen molar-refractivity contribution >= 4 is 0 Å². The standard InChI is InChI=1S/C13H27N3/c1-13(2,11-14)16-9-7-15(8-10-16)6-5-12-3-4-12/h12H,3-11,14H2,1-2H3. The average molecular weight is 225 g/mol. The summed E-state index contributed by atoms with van der Waals surface area (Å²) in [7, 11) is 0. The molecule has 2 fully saturated rings. The van der Waals surface area contributed by atoms with E-state index in [1.54, 1.807) is 0 Å². The number of nitrogens with two attached hydrogens (primary N) is 1. The van der Waals surface area contributed by atoms with Gasteiger partial charge in [0.05, 0.1) is 0 Å². The summed E-state index contributed by atoms with van der Waals surface area (Å²) < 4.78 is 0. The molecule has 0 unspecified atom stereocenters. The van der Waals surface area contributed by atoms with Gasteiger partial charge < -0.3 is 10.6 Å². The molecule has 0 aromatic rings. The van der Waals surface area contributed by atoms with Crippen molar-refractivity contribution in [3.63, 3.8) is 0 Å². The Morgan fingerprint density at radius 2 is 1.75 bits per heavy atom. The highest BCUT2D eigenvalue weighted by atomic mass is 15.3. The van der Waals surface area contributed by atoms with E-state index in [4.69, 9.17) is 5.73 Å². The third-order valence-corrected chi connectivity index (χ3v) is 4.28. The molecule has 3 nitrogen and oxygen atoms in total. The third kappa shape index (κ3) is 3.19. The topological polar surface area (TPSA) is 32.5 Å². The average Bonchev–Trinajstić information content (AvgIpc) is 3.11. The van der Waals surface area contributed by atoms with Crippen LogP contribution in [-0.2, 0) is 0 Å². The zero-order chi connectivity index (χ0) is 11.6. The lowest BCUT2D eigenvalue weighted by atomic mass is 10.0. The molecule has 2 aliphatic rings. The maximum Gasteiger partial charge on any atom is 0.0276 e. The van der Waals surface area contributed by atoms with Crippen molar-refractivity contribution in [3.8, 4) is 0 Å². The van der Waals surface area contributed by atoms with Gasteiger partial charge in [0.25, 0.3) is 0 Å². The molecule has 0 amide bonds. The highest BCUT2D eigenvalue weighted by molar-refractivity contribution is 4.86. The third-order valence-electron chi connectivity index (χ3n) is 4.28. The van der Waals surface area contributed by atoms with Gasteiger partial charge >= 0.3 is 0 Å². The molecular weight excluding hydrogens is 198 g/mol. The largest absolute Gasteiger partial charge is 0.329 e. The minimum atomic E-state index is 0.183. The first-order chi connectivity index (χ1) is 7.62. The predicted molar refractivity (Wildman–Crippen MR) is 68.5 cm³/mol. The smallest absolute Gasteiger partial charge is 0.0276 e. The summed E-state index contributed by atoms with van der Waals surface area (Å²) in [6.45, 7) is 11.4. The van der Waals surface area contributed by atoms with E-state index in [0.29, 0.717) is 0 Å². The van der Waals surface area contributed by atoms with E-state index in [2.05, 4.69) is 23.6 Å². The van der Waals surface area contributed by atoms with E-state index in [-0.39, 0.29) is 5.54 Å². The van der Waals surface area contributed by atoms with E-state index >= 15 is 0 Å². The van der Waals surface area contributed by atoms with Gasteiger partial charge in [-0.3, -0.25) is 4.90 Å². The zero-order valence-electron chi connectivity index (χ0n) is 10.9. The number of rotatable bonds is 5. The lowest BCUT2D eigenvalue weighted by molar-refractivity contribution is 0.0559. The predicted octanol–water partition coefficient (Wildman–Crippen LogP) is 1.14. The van der Waals surface area contributed by atoms with Gasteiger partial charge in [-0.15, -0.1) is 0 Å².